The third kappa shape index (κ3) is 2.52. The molecule has 0 radical (unpaired) electrons. The van der Waals surface area contributed by atoms with Gasteiger partial charge in [-0.1, -0.05) is 12.5 Å². The Balaban J connectivity index is 1.68. The lowest BCUT2D eigenvalue weighted by Gasteiger charge is -2.41. The molecule has 1 aliphatic heterocycles. The van der Waals surface area contributed by atoms with E-state index >= 15 is 0 Å². The van der Waals surface area contributed by atoms with E-state index in [4.69, 9.17) is 0 Å². The average Bonchev–Trinajstić information content (AvgIpc) is 2.32. The smallest absolute Gasteiger partial charge is 0.0417 e. The summed E-state index contributed by atoms with van der Waals surface area (Å²) in [4.78, 5) is 7.04. The van der Waals surface area contributed by atoms with Gasteiger partial charge in [0.25, 0.3) is 0 Å². The zero-order valence-corrected chi connectivity index (χ0v) is 10.7. The number of hydrogen-bond acceptors (Lipinski definition) is 2. The van der Waals surface area contributed by atoms with Crippen LogP contribution in [0.4, 0.5) is 0 Å². The zero-order valence-electron chi connectivity index (χ0n) is 10.7. The summed E-state index contributed by atoms with van der Waals surface area (Å²) < 4.78 is 0. The molecule has 2 aliphatic rings. The molecule has 0 amide bonds. The molecule has 2 heterocycles. The van der Waals surface area contributed by atoms with Crippen molar-refractivity contribution in [3.05, 3.63) is 29.6 Å². The number of nitrogens with zero attached hydrogens (tertiary/aromatic N) is 2. The molecule has 1 aromatic heterocycles. The third-order valence-electron chi connectivity index (χ3n) is 4.43. The highest BCUT2D eigenvalue weighted by Gasteiger charge is 2.30. The second-order valence-electron chi connectivity index (χ2n) is 5.84. The Morgan fingerprint density at radius 1 is 1.29 bits per heavy atom. The van der Waals surface area contributed by atoms with Gasteiger partial charge < -0.3 is 0 Å². The molecule has 1 saturated carbocycles. The summed E-state index contributed by atoms with van der Waals surface area (Å²) in [5, 5.41) is 0. The Bertz CT molecular complexity index is 376. The largest absolute Gasteiger partial charge is 0.298 e. The molecule has 92 valence electrons. The van der Waals surface area contributed by atoms with Crippen molar-refractivity contribution in [3.63, 3.8) is 0 Å². The molecule has 2 bridgehead atoms. The number of pyridine rings is 1. The van der Waals surface area contributed by atoms with Gasteiger partial charge in [-0.2, -0.15) is 0 Å². The maximum Gasteiger partial charge on any atom is 0.0417 e. The van der Waals surface area contributed by atoms with Crippen LogP contribution in [0.3, 0.4) is 0 Å². The normalized spacial score (nSPS) is 29.2. The van der Waals surface area contributed by atoms with Gasteiger partial charge in [-0.15, -0.1) is 0 Å². The van der Waals surface area contributed by atoms with Gasteiger partial charge in [-0.05, 0) is 49.7 Å². The minimum atomic E-state index is 0.972. The van der Waals surface area contributed by atoms with Gasteiger partial charge in [-0.3, -0.25) is 9.88 Å². The van der Waals surface area contributed by atoms with Crippen molar-refractivity contribution in [2.24, 2.45) is 11.8 Å². The molecule has 1 aliphatic carbocycles. The Labute approximate surface area is 104 Å². The minimum Gasteiger partial charge on any atom is -0.298 e. The number of aromatic nitrogens is 1. The summed E-state index contributed by atoms with van der Waals surface area (Å²) in [6.45, 7) is 5.85. The molecule has 2 fully saturated rings. The number of aryl methyl sites for hydroxylation is 1. The van der Waals surface area contributed by atoms with E-state index < -0.39 is 0 Å². The van der Waals surface area contributed by atoms with Crippen molar-refractivity contribution in [1.29, 1.82) is 0 Å². The van der Waals surface area contributed by atoms with E-state index in [1.165, 1.54) is 50.0 Å². The molecule has 2 nitrogen and oxygen atoms in total. The molecule has 0 spiro atoms. The lowest BCUT2D eigenvalue weighted by molar-refractivity contribution is 0.0806. The quantitative estimate of drug-likeness (QED) is 0.776. The second kappa shape index (κ2) is 4.77. The molecule has 1 saturated heterocycles. The topological polar surface area (TPSA) is 16.1 Å². The van der Waals surface area contributed by atoms with Crippen LogP contribution in [0.25, 0.3) is 0 Å². The van der Waals surface area contributed by atoms with Crippen LogP contribution >= 0.6 is 0 Å². The van der Waals surface area contributed by atoms with Crippen molar-refractivity contribution in [1.82, 2.24) is 9.88 Å². The summed E-state index contributed by atoms with van der Waals surface area (Å²) in [6.07, 6.45) is 7.76. The first-order chi connectivity index (χ1) is 8.31. The summed E-state index contributed by atoms with van der Waals surface area (Å²) in [5.74, 6) is 1.94. The number of fused-ring (bicyclic) bond motifs is 2. The van der Waals surface area contributed by atoms with Crippen LogP contribution in [0.2, 0.25) is 0 Å². The molecule has 1 aromatic rings. The summed E-state index contributed by atoms with van der Waals surface area (Å²) in [7, 11) is 0. The summed E-state index contributed by atoms with van der Waals surface area (Å²) >= 11 is 0. The van der Waals surface area contributed by atoms with Crippen LogP contribution < -0.4 is 0 Å². The summed E-state index contributed by atoms with van der Waals surface area (Å²) in [6, 6.07) is 4.29. The van der Waals surface area contributed by atoms with Crippen LogP contribution in [0.15, 0.2) is 18.3 Å². The van der Waals surface area contributed by atoms with Crippen LogP contribution in [0, 0.1) is 18.8 Å². The van der Waals surface area contributed by atoms with Gasteiger partial charge in [0.2, 0.25) is 0 Å². The highest BCUT2D eigenvalue weighted by molar-refractivity contribution is 5.18. The summed E-state index contributed by atoms with van der Waals surface area (Å²) in [5.41, 5.74) is 2.61. The number of hydrogen-bond donors (Lipinski definition) is 0. The van der Waals surface area contributed by atoms with Crippen molar-refractivity contribution in [3.8, 4) is 0 Å². The molecule has 2 heteroatoms. The fraction of sp³-hybridized carbons (Fsp3) is 0.667. The van der Waals surface area contributed by atoms with Crippen molar-refractivity contribution < 1.29 is 0 Å². The van der Waals surface area contributed by atoms with Gasteiger partial charge in [0.05, 0.1) is 0 Å². The Kier molecular flexibility index (Phi) is 3.15. The highest BCUT2D eigenvalue weighted by Crippen LogP contribution is 2.34. The van der Waals surface area contributed by atoms with E-state index in [2.05, 4.69) is 28.9 Å². The second-order valence-corrected chi connectivity index (χ2v) is 5.84. The molecule has 0 aromatic carbocycles. The lowest BCUT2D eigenvalue weighted by atomic mass is 9.78. The van der Waals surface area contributed by atoms with Crippen LogP contribution in [-0.4, -0.2) is 23.0 Å². The molecule has 3 rings (SSSR count). The van der Waals surface area contributed by atoms with Crippen LogP contribution in [0.5, 0.6) is 0 Å². The Morgan fingerprint density at radius 2 is 2.06 bits per heavy atom. The first-order valence-electron chi connectivity index (χ1n) is 6.94. The highest BCUT2D eigenvalue weighted by atomic mass is 15.1. The van der Waals surface area contributed by atoms with Gasteiger partial charge in [0.1, 0.15) is 0 Å². The molecular formula is C15H22N2. The maximum atomic E-state index is 4.39. The fourth-order valence-corrected chi connectivity index (χ4v) is 3.59. The van der Waals surface area contributed by atoms with Gasteiger partial charge in [0.15, 0.2) is 0 Å². The molecule has 17 heavy (non-hydrogen) atoms. The van der Waals surface area contributed by atoms with Crippen LogP contribution in [-0.2, 0) is 6.54 Å². The first kappa shape index (κ1) is 11.2. The molecule has 2 unspecified atom stereocenters. The standard InChI is InChI=1S/C15H22N2/c1-12-15(6-3-7-16-12)11-17-9-13-4-2-5-14(8-13)10-17/h3,6-7,13-14H,2,4-5,8-11H2,1H3. The zero-order chi connectivity index (χ0) is 11.7. The molecule has 2 atom stereocenters. The first-order valence-corrected chi connectivity index (χ1v) is 6.94. The van der Waals surface area contributed by atoms with E-state index in [1.54, 1.807) is 0 Å². The number of likely N-dealkylation sites (tertiary alicyclic amines) is 1. The van der Waals surface area contributed by atoms with Crippen molar-refractivity contribution >= 4 is 0 Å². The molecular weight excluding hydrogens is 208 g/mol. The monoisotopic (exact) mass is 230 g/mol. The SMILES string of the molecule is Cc1ncccc1CN1CC2CCCC(C2)C1. The molecule has 0 N–H and O–H groups in total. The Hall–Kier alpha value is -0.890. The fourth-order valence-electron chi connectivity index (χ4n) is 3.59. The van der Waals surface area contributed by atoms with Crippen molar-refractivity contribution in [2.45, 2.75) is 39.2 Å². The van der Waals surface area contributed by atoms with Gasteiger partial charge in [-0.25, -0.2) is 0 Å². The van der Waals surface area contributed by atoms with E-state index in [1.807, 2.05) is 6.20 Å². The number of piperidine rings is 1. The lowest BCUT2D eigenvalue weighted by Crippen LogP contribution is -2.42. The van der Waals surface area contributed by atoms with Crippen molar-refractivity contribution in [2.75, 3.05) is 13.1 Å². The Morgan fingerprint density at radius 3 is 2.76 bits per heavy atom. The third-order valence-corrected chi connectivity index (χ3v) is 4.43. The number of rotatable bonds is 2. The predicted octanol–water partition coefficient (Wildman–Crippen LogP) is 3.01. The van der Waals surface area contributed by atoms with Crippen LogP contribution in [0.1, 0.15) is 36.9 Å². The van der Waals surface area contributed by atoms with Gasteiger partial charge >= 0.3 is 0 Å². The predicted molar refractivity (Wildman–Crippen MR) is 69.7 cm³/mol. The van der Waals surface area contributed by atoms with E-state index in [-0.39, 0.29) is 0 Å². The average molecular weight is 230 g/mol. The van der Waals surface area contributed by atoms with E-state index in [0.717, 1.165) is 18.4 Å². The maximum absolute atomic E-state index is 4.39. The van der Waals surface area contributed by atoms with E-state index in [9.17, 15) is 0 Å². The van der Waals surface area contributed by atoms with Gasteiger partial charge in [0, 0.05) is 31.5 Å². The van der Waals surface area contributed by atoms with E-state index in [0.29, 0.717) is 0 Å². The minimum absolute atomic E-state index is 0.972.